The molecule has 1 N–H and O–H groups in total. The summed E-state index contributed by atoms with van der Waals surface area (Å²) >= 11 is 0. The van der Waals surface area contributed by atoms with E-state index < -0.39 is 0 Å². The van der Waals surface area contributed by atoms with Gasteiger partial charge in [0.25, 0.3) is 5.91 Å². The number of piperazine rings is 1. The Morgan fingerprint density at radius 1 is 1.05 bits per heavy atom. The van der Waals surface area contributed by atoms with Crippen molar-refractivity contribution >= 4 is 11.9 Å². The Bertz CT molecular complexity index is 993. The van der Waals surface area contributed by atoms with Gasteiger partial charge in [0.05, 0.1) is 0 Å². The Morgan fingerprint density at radius 2 is 1.76 bits per heavy atom. The van der Waals surface area contributed by atoms with Gasteiger partial charge < -0.3 is 15.1 Å². The Labute approximate surface area is 221 Å². The first-order valence-corrected chi connectivity index (χ1v) is 14.3. The summed E-state index contributed by atoms with van der Waals surface area (Å²) in [5, 5.41) is 3.23. The van der Waals surface area contributed by atoms with E-state index in [-0.39, 0.29) is 17.8 Å². The maximum atomic E-state index is 13.5. The highest BCUT2D eigenvalue weighted by Gasteiger charge is 2.51. The van der Waals surface area contributed by atoms with Crippen molar-refractivity contribution < 1.29 is 14.0 Å². The minimum Gasteiger partial charge on any atom is -0.335 e. The van der Waals surface area contributed by atoms with Gasteiger partial charge in [-0.2, -0.15) is 0 Å². The second kappa shape index (κ2) is 11.1. The lowest BCUT2D eigenvalue weighted by atomic mass is 9.49. The summed E-state index contributed by atoms with van der Waals surface area (Å²) in [4.78, 5) is 32.5. The van der Waals surface area contributed by atoms with Gasteiger partial charge in [-0.05, 0) is 67.2 Å². The normalized spacial score (nSPS) is 25.7. The zero-order valence-electron chi connectivity index (χ0n) is 22.6. The topological polar surface area (TPSA) is 55.9 Å². The van der Waals surface area contributed by atoms with Crippen molar-refractivity contribution in [2.45, 2.75) is 64.8 Å². The molecule has 2 unspecified atom stereocenters. The molecule has 1 aromatic carbocycles. The van der Waals surface area contributed by atoms with Gasteiger partial charge in [-0.1, -0.05) is 44.8 Å². The monoisotopic (exact) mass is 510 g/mol. The molecule has 5 aliphatic rings. The molecule has 3 amide bonds. The number of nitrogens with one attached hydrogen (secondary N) is 1. The van der Waals surface area contributed by atoms with E-state index in [4.69, 9.17) is 0 Å². The molecule has 3 fully saturated rings. The van der Waals surface area contributed by atoms with Crippen LogP contribution in [0.5, 0.6) is 0 Å². The van der Waals surface area contributed by atoms with Crippen LogP contribution < -0.4 is 5.32 Å². The smallest absolute Gasteiger partial charge is 0.317 e. The Morgan fingerprint density at radius 3 is 2.41 bits per heavy atom. The highest BCUT2D eigenvalue weighted by atomic mass is 19.1. The van der Waals surface area contributed by atoms with E-state index >= 15 is 0 Å². The predicted molar refractivity (Wildman–Crippen MR) is 144 cm³/mol. The molecule has 6 rings (SSSR count). The lowest BCUT2D eigenvalue weighted by Gasteiger charge is -2.57. The molecule has 1 aromatic rings. The summed E-state index contributed by atoms with van der Waals surface area (Å²) in [5.74, 6) is 0.937. The minimum absolute atomic E-state index is 0.0364. The number of benzene rings is 1. The number of rotatable bonds is 7. The number of allylic oxidation sites excluding steroid dienone is 1. The van der Waals surface area contributed by atoms with Crippen LogP contribution in [0.15, 0.2) is 35.9 Å². The van der Waals surface area contributed by atoms with Crippen LogP contribution in [0.1, 0.15) is 69.2 Å². The second-order valence-electron chi connectivity index (χ2n) is 12.2. The lowest BCUT2D eigenvalue weighted by molar-refractivity contribution is -0.0105. The molecule has 0 radical (unpaired) electrons. The number of urea groups is 1. The molecule has 202 valence electrons. The molecule has 2 saturated carbocycles. The summed E-state index contributed by atoms with van der Waals surface area (Å²) in [7, 11) is 0. The van der Waals surface area contributed by atoms with Crippen molar-refractivity contribution in [3.8, 4) is 0 Å². The number of nitrogens with zero attached hydrogens (tertiary/aromatic N) is 3. The van der Waals surface area contributed by atoms with Gasteiger partial charge in [0.15, 0.2) is 0 Å². The zero-order valence-corrected chi connectivity index (χ0v) is 22.6. The Hall–Kier alpha value is -2.41. The first-order chi connectivity index (χ1) is 17.8. The number of hydrogen-bond donors (Lipinski definition) is 1. The molecule has 2 atom stereocenters. The third kappa shape index (κ3) is 5.87. The highest BCUT2D eigenvalue weighted by molar-refractivity contribution is 5.94. The van der Waals surface area contributed by atoms with Gasteiger partial charge in [-0.3, -0.25) is 9.69 Å². The number of amides is 3. The molecule has 0 aromatic heterocycles. The molecule has 7 heteroatoms. The van der Waals surface area contributed by atoms with Crippen molar-refractivity contribution in [3.05, 3.63) is 47.3 Å². The van der Waals surface area contributed by atoms with E-state index in [0.29, 0.717) is 49.1 Å². The predicted octanol–water partition coefficient (Wildman–Crippen LogP) is 4.92. The molecule has 0 spiro atoms. The average molecular weight is 511 g/mol. The Kier molecular flexibility index (Phi) is 7.89. The molecular formula is C30H43FN4O2. The van der Waals surface area contributed by atoms with E-state index in [1.54, 1.807) is 12.1 Å². The first kappa shape index (κ1) is 26.2. The number of carbonyl (C=O) groups excluding carboxylic acids is 2. The zero-order chi connectivity index (χ0) is 26.0. The van der Waals surface area contributed by atoms with Crippen molar-refractivity contribution in [1.29, 1.82) is 0 Å². The molecule has 37 heavy (non-hydrogen) atoms. The van der Waals surface area contributed by atoms with Gasteiger partial charge in [0, 0.05) is 57.4 Å². The fraction of sp³-hybridized carbons (Fsp3) is 0.667. The van der Waals surface area contributed by atoms with Crippen LogP contribution in [-0.4, -0.2) is 78.5 Å². The van der Waals surface area contributed by atoms with Gasteiger partial charge in [0.2, 0.25) is 0 Å². The van der Waals surface area contributed by atoms with Crippen LogP contribution in [-0.2, 0) is 0 Å². The van der Waals surface area contributed by atoms with E-state index in [1.165, 1.54) is 43.4 Å². The molecular weight excluding hydrogens is 467 g/mol. The lowest BCUT2D eigenvalue weighted by Crippen LogP contribution is -2.55. The molecule has 1 heterocycles. The van der Waals surface area contributed by atoms with E-state index in [0.717, 1.165) is 44.8 Å². The SMILES string of the molecule is CC1(C)C2CC=C(CN(CCN3CCN(C(=O)NC4CCCCC4)CC3)C(=O)c3ccc(F)cc3)C1C2. The van der Waals surface area contributed by atoms with Crippen LogP contribution in [0.25, 0.3) is 0 Å². The quantitative estimate of drug-likeness (QED) is 0.530. The van der Waals surface area contributed by atoms with Crippen molar-refractivity contribution in [1.82, 2.24) is 20.0 Å². The maximum Gasteiger partial charge on any atom is 0.317 e. The van der Waals surface area contributed by atoms with Gasteiger partial charge in [-0.15, -0.1) is 0 Å². The maximum absolute atomic E-state index is 13.5. The third-order valence-corrected chi connectivity index (χ3v) is 9.61. The number of halogens is 1. The van der Waals surface area contributed by atoms with Gasteiger partial charge in [0.1, 0.15) is 5.82 Å². The van der Waals surface area contributed by atoms with E-state index in [9.17, 15) is 14.0 Å². The molecule has 1 aliphatic heterocycles. The summed E-state index contributed by atoms with van der Waals surface area (Å²) in [6.45, 7) is 9.81. The number of fused-ring (bicyclic) bond motifs is 1. The molecule has 2 bridgehead atoms. The third-order valence-electron chi connectivity index (χ3n) is 9.61. The summed E-state index contributed by atoms with van der Waals surface area (Å²) in [6.07, 6.45) is 10.6. The van der Waals surface area contributed by atoms with Crippen LogP contribution >= 0.6 is 0 Å². The van der Waals surface area contributed by atoms with Crippen LogP contribution in [0, 0.1) is 23.1 Å². The molecule has 6 nitrogen and oxygen atoms in total. The second-order valence-corrected chi connectivity index (χ2v) is 12.2. The largest absolute Gasteiger partial charge is 0.335 e. The fourth-order valence-electron chi connectivity index (χ4n) is 6.85. The van der Waals surface area contributed by atoms with E-state index in [1.807, 2.05) is 9.80 Å². The van der Waals surface area contributed by atoms with E-state index in [2.05, 4.69) is 30.1 Å². The Balaban J connectivity index is 1.17. The first-order valence-electron chi connectivity index (χ1n) is 14.3. The molecule has 1 saturated heterocycles. The standard InChI is InChI=1S/C30H43FN4O2/c1-30(2)24-11-8-23(27(30)20-24)21-35(28(36)22-9-12-25(31)13-10-22)19-16-33-14-17-34(18-15-33)29(37)32-26-6-4-3-5-7-26/h8-10,12-13,24,26-27H,3-7,11,14-21H2,1-2H3,(H,32,37). The summed E-state index contributed by atoms with van der Waals surface area (Å²) in [5.41, 5.74) is 2.23. The molecule has 4 aliphatic carbocycles. The fourth-order valence-corrected chi connectivity index (χ4v) is 6.85. The van der Waals surface area contributed by atoms with Crippen molar-refractivity contribution in [3.63, 3.8) is 0 Å². The summed E-state index contributed by atoms with van der Waals surface area (Å²) < 4.78 is 13.5. The van der Waals surface area contributed by atoms with Gasteiger partial charge in [-0.25, -0.2) is 9.18 Å². The van der Waals surface area contributed by atoms with Crippen LogP contribution in [0.4, 0.5) is 9.18 Å². The number of hydrogen-bond acceptors (Lipinski definition) is 3. The highest BCUT2D eigenvalue weighted by Crippen LogP contribution is 2.59. The van der Waals surface area contributed by atoms with Crippen LogP contribution in [0.2, 0.25) is 0 Å². The van der Waals surface area contributed by atoms with Crippen LogP contribution in [0.3, 0.4) is 0 Å². The van der Waals surface area contributed by atoms with Gasteiger partial charge >= 0.3 is 6.03 Å². The van der Waals surface area contributed by atoms with Crippen molar-refractivity contribution in [2.75, 3.05) is 45.8 Å². The minimum atomic E-state index is -0.328. The number of carbonyl (C=O) groups is 2. The average Bonchev–Trinajstić information content (AvgIpc) is 2.92. The summed E-state index contributed by atoms with van der Waals surface area (Å²) in [6, 6.07) is 6.31. The van der Waals surface area contributed by atoms with Crippen molar-refractivity contribution in [2.24, 2.45) is 17.3 Å².